The van der Waals surface area contributed by atoms with Crippen molar-refractivity contribution in [2.24, 2.45) is 0 Å². The van der Waals surface area contributed by atoms with Crippen LogP contribution in [-0.4, -0.2) is 16.0 Å². The van der Waals surface area contributed by atoms with Gasteiger partial charge in [-0.05, 0) is 6.58 Å². The second-order valence-electron chi connectivity index (χ2n) is 1.72. The summed E-state index contributed by atoms with van der Waals surface area (Å²) in [5.74, 6) is -1.05. The number of hydrogen-bond acceptors (Lipinski definition) is 3. The molecule has 0 aliphatic carbocycles. The van der Waals surface area contributed by atoms with Gasteiger partial charge in [-0.3, -0.25) is 14.9 Å². The highest BCUT2D eigenvalue weighted by atomic mass is 16.6. The van der Waals surface area contributed by atoms with Gasteiger partial charge in [-0.2, -0.15) is 0 Å². The molecule has 0 aromatic carbocycles. The predicted molar refractivity (Wildman–Crippen MR) is 33.0 cm³/mol. The van der Waals surface area contributed by atoms with E-state index in [0.29, 0.717) is 0 Å². The van der Waals surface area contributed by atoms with Crippen LogP contribution in [-0.2, 0) is 4.79 Å². The molecule has 5 heteroatoms. The van der Waals surface area contributed by atoms with Crippen LogP contribution in [0.2, 0.25) is 0 Å². The molecule has 0 spiro atoms. The number of allylic oxidation sites excluding steroid dienone is 1. The van der Waals surface area contributed by atoms with Gasteiger partial charge >= 0.3 is 5.97 Å². The fourth-order valence-electron chi connectivity index (χ4n) is 0.343. The average Bonchev–Trinajstić information content (AvgIpc) is 1.82. The third-order valence-corrected chi connectivity index (χ3v) is 0.886. The van der Waals surface area contributed by atoms with Crippen LogP contribution in [0.1, 0.15) is 12.8 Å². The van der Waals surface area contributed by atoms with Crippen molar-refractivity contribution in [3.8, 4) is 0 Å². The Kier molecular flexibility index (Phi) is 3.10. The van der Waals surface area contributed by atoms with Crippen LogP contribution < -0.4 is 0 Å². The van der Waals surface area contributed by atoms with E-state index in [2.05, 4.69) is 6.58 Å². The summed E-state index contributed by atoms with van der Waals surface area (Å²) in [6, 6.07) is 0. The van der Waals surface area contributed by atoms with E-state index in [4.69, 9.17) is 5.11 Å². The lowest BCUT2D eigenvalue weighted by atomic mass is 10.3. The highest BCUT2D eigenvalue weighted by Gasteiger charge is 2.08. The van der Waals surface area contributed by atoms with Crippen LogP contribution in [0.5, 0.6) is 0 Å². The number of hydrogen-bond donors (Lipinski definition) is 1. The second kappa shape index (κ2) is 3.60. The van der Waals surface area contributed by atoms with Gasteiger partial charge in [0.05, 0.1) is 11.3 Å². The summed E-state index contributed by atoms with van der Waals surface area (Å²) in [6.45, 7) is 3.06. The largest absolute Gasteiger partial charge is 0.481 e. The maximum absolute atomic E-state index is 9.86. The van der Waals surface area contributed by atoms with Gasteiger partial charge in [0.15, 0.2) is 0 Å². The van der Waals surface area contributed by atoms with Crippen LogP contribution in [0, 0.1) is 10.1 Å². The van der Waals surface area contributed by atoms with E-state index in [0.717, 1.165) is 0 Å². The Morgan fingerprint density at radius 1 is 1.60 bits per heavy atom. The van der Waals surface area contributed by atoms with E-state index in [1.54, 1.807) is 0 Å². The summed E-state index contributed by atoms with van der Waals surface area (Å²) in [5.41, 5.74) is -0.262. The van der Waals surface area contributed by atoms with Crippen molar-refractivity contribution in [1.29, 1.82) is 0 Å². The molecule has 0 aromatic heterocycles. The van der Waals surface area contributed by atoms with Crippen LogP contribution in [0.3, 0.4) is 0 Å². The second-order valence-corrected chi connectivity index (χ2v) is 1.72. The Morgan fingerprint density at radius 3 is 2.40 bits per heavy atom. The van der Waals surface area contributed by atoms with Crippen LogP contribution in [0.15, 0.2) is 12.3 Å². The Bertz CT molecular complexity index is 174. The summed E-state index contributed by atoms with van der Waals surface area (Å²) in [5, 5.41) is 17.9. The lowest BCUT2D eigenvalue weighted by Gasteiger charge is -1.91. The molecule has 0 amide bonds. The van der Waals surface area contributed by atoms with Crippen molar-refractivity contribution in [3.05, 3.63) is 22.4 Å². The maximum atomic E-state index is 9.86. The first-order valence-corrected chi connectivity index (χ1v) is 2.58. The molecule has 0 bridgehead atoms. The van der Waals surface area contributed by atoms with Crippen LogP contribution in [0.25, 0.3) is 0 Å². The number of carboxylic acid groups (broad SMARTS) is 1. The summed E-state index contributed by atoms with van der Waals surface area (Å²) in [7, 11) is 0. The molecule has 56 valence electrons. The molecule has 10 heavy (non-hydrogen) atoms. The standard InChI is InChI=1S/C5H7NO4/c1-4(6(9)10)2-3-5(7)8/h1-3H2,(H,7,8). The quantitative estimate of drug-likeness (QED) is 0.465. The van der Waals surface area contributed by atoms with E-state index in [1.807, 2.05) is 0 Å². The molecule has 5 nitrogen and oxygen atoms in total. The van der Waals surface area contributed by atoms with Crippen molar-refractivity contribution in [2.45, 2.75) is 12.8 Å². The molecule has 0 heterocycles. The first-order chi connectivity index (χ1) is 4.54. The molecule has 0 rings (SSSR count). The Hall–Kier alpha value is -1.39. The minimum absolute atomic E-state index is 0.0949. The van der Waals surface area contributed by atoms with Gasteiger partial charge in [0.2, 0.25) is 5.70 Å². The molecular formula is C5H7NO4. The van der Waals surface area contributed by atoms with Crippen LogP contribution in [0.4, 0.5) is 0 Å². The summed E-state index contributed by atoms with van der Waals surface area (Å²) in [4.78, 5) is 19.0. The predicted octanol–water partition coefficient (Wildman–Crippen LogP) is 0.642. The lowest BCUT2D eigenvalue weighted by molar-refractivity contribution is -0.427. The SMILES string of the molecule is C=C(CCC(=O)O)[N+](=O)[O-]. The third-order valence-electron chi connectivity index (χ3n) is 0.886. The zero-order chi connectivity index (χ0) is 8.15. The molecule has 0 aliphatic heterocycles. The van der Waals surface area contributed by atoms with Crippen molar-refractivity contribution in [2.75, 3.05) is 0 Å². The molecular weight excluding hydrogens is 138 g/mol. The van der Waals surface area contributed by atoms with E-state index in [9.17, 15) is 14.9 Å². The fourth-order valence-corrected chi connectivity index (χ4v) is 0.343. The van der Waals surface area contributed by atoms with Gasteiger partial charge in [0.25, 0.3) is 0 Å². The molecule has 0 atom stereocenters. The average molecular weight is 145 g/mol. The number of nitrogens with zero attached hydrogens (tertiary/aromatic N) is 1. The normalized spacial score (nSPS) is 8.80. The van der Waals surface area contributed by atoms with Crippen molar-refractivity contribution < 1.29 is 14.8 Å². The highest BCUT2D eigenvalue weighted by molar-refractivity contribution is 5.66. The third kappa shape index (κ3) is 3.59. The number of carboxylic acids is 1. The molecule has 0 radical (unpaired) electrons. The van der Waals surface area contributed by atoms with Crippen molar-refractivity contribution >= 4 is 5.97 Å². The molecule has 0 fully saturated rings. The number of rotatable bonds is 4. The zero-order valence-corrected chi connectivity index (χ0v) is 5.24. The fraction of sp³-hybridized carbons (Fsp3) is 0.400. The van der Waals surface area contributed by atoms with Gasteiger partial charge < -0.3 is 5.11 Å². The Morgan fingerprint density at radius 2 is 2.10 bits per heavy atom. The summed E-state index contributed by atoms with van der Waals surface area (Å²) >= 11 is 0. The van der Waals surface area contributed by atoms with E-state index < -0.39 is 10.9 Å². The Labute approximate surface area is 57.1 Å². The molecule has 0 saturated carbocycles. The van der Waals surface area contributed by atoms with Gasteiger partial charge in [-0.15, -0.1) is 0 Å². The highest BCUT2D eigenvalue weighted by Crippen LogP contribution is 2.01. The van der Waals surface area contributed by atoms with E-state index in [1.165, 1.54) is 0 Å². The zero-order valence-electron chi connectivity index (χ0n) is 5.24. The molecule has 0 aliphatic rings. The first-order valence-electron chi connectivity index (χ1n) is 2.58. The Balaban J connectivity index is 3.60. The molecule has 0 unspecified atom stereocenters. The topological polar surface area (TPSA) is 80.4 Å². The smallest absolute Gasteiger partial charge is 0.303 e. The van der Waals surface area contributed by atoms with Crippen LogP contribution >= 0.6 is 0 Å². The summed E-state index contributed by atoms with van der Waals surface area (Å²) < 4.78 is 0. The number of carbonyl (C=O) groups is 1. The van der Waals surface area contributed by atoms with Gasteiger partial charge in [0, 0.05) is 6.42 Å². The lowest BCUT2D eigenvalue weighted by Crippen LogP contribution is -2.01. The molecule has 0 aromatic rings. The number of aliphatic carboxylic acids is 1. The monoisotopic (exact) mass is 145 g/mol. The molecule has 1 N–H and O–H groups in total. The van der Waals surface area contributed by atoms with Gasteiger partial charge in [-0.1, -0.05) is 0 Å². The van der Waals surface area contributed by atoms with Crippen molar-refractivity contribution in [3.63, 3.8) is 0 Å². The number of nitro groups is 1. The van der Waals surface area contributed by atoms with Crippen molar-refractivity contribution in [1.82, 2.24) is 0 Å². The molecule has 0 saturated heterocycles. The minimum atomic E-state index is -1.05. The maximum Gasteiger partial charge on any atom is 0.303 e. The van der Waals surface area contributed by atoms with Gasteiger partial charge in [0.1, 0.15) is 0 Å². The van der Waals surface area contributed by atoms with Gasteiger partial charge in [-0.25, -0.2) is 0 Å². The first kappa shape index (κ1) is 8.61. The van der Waals surface area contributed by atoms with E-state index in [-0.39, 0.29) is 18.5 Å². The summed E-state index contributed by atoms with van der Waals surface area (Å²) in [6.07, 6.45) is -0.331. The minimum Gasteiger partial charge on any atom is -0.481 e. The van der Waals surface area contributed by atoms with E-state index >= 15 is 0 Å².